The van der Waals surface area contributed by atoms with Crippen molar-refractivity contribution in [3.05, 3.63) is 0 Å². The number of carboxylic acids is 1. The van der Waals surface area contributed by atoms with Gasteiger partial charge in [-0.15, -0.1) is 0 Å². The molecule has 0 bridgehead atoms. The Morgan fingerprint density at radius 3 is 2.45 bits per heavy atom. The maximum atomic E-state index is 11.9. The Labute approximate surface area is 118 Å². The number of hydrogen-bond donors (Lipinski definition) is 2. The molecule has 1 atom stereocenters. The molecular weight excluding hydrogens is 288 g/mol. The molecule has 116 valence electrons. The summed E-state index contributed by atoms with van der Waals surface area (Å²) in [6.45, 7) is 3.98. The van der Waals surface area contributed by atoms with Gasteiger partial charge in [0, 0.05) is 26.6 Å². The smallest absolute Gasteiger partial charge is 0.327 e. The Hall–Kier alpha value is -1.19. The van der Waals surface area contributed by atoms with Gasteiger partial charge < -0.3 is 15.2 Å². The molecule has 9 heteroatoms. The minimum Gasteiger partial charge on any atom is -0.480 e. The number of nitrogens with zero attached hydrogens (tertiary/aromatic N) is 1. The number of rotatable bonds is 7. The second-order valence-corrected chi connectivity index (χ2v) is 6.89. The number of aliphatic carboxylic acids is 1. The molecule has 0 saturated carbocycles. The number of carbonyl (C=O) groups is 2. The van der Waals surface area contributed by atoms with E-state index in [2.05, 4.69) is 5.32 Å². The standard InChI is InChI=1S/C11H20N2O6S/c1-9(14)12-10(11(15)16)8-20(17,18)7-4-13-2-5-19-6-3-13/h10H,2-8H2,1H3,(H,12,14)(H,15,16)/t10-/m0/s1. The third kappa shape index (κ3) is 6.31. The van der Waals surface area contributed by atoms with Crippen molar-refractivity contribution in [2.24, 2.45) is 0 Å². The molecule has 1 heterocycles. The number of morpholine rings is 1. The minimum atomic E-state index is -3.55. The Morgan fingerprint density at radius 2 is 1.95 bits per heavy atom. The molecule has 0 aliphatic carbocycles. The molecule has 0 aromatic carbocycles. The third-order valence-electron chi connectivity index (χ3n) is 2.92. The molecular formula is C11H20N2O6S. The van der Waals surface area contributed by atoms with Crippen LogP contribution in [-0.4, -0.2) is 80.7 Å². The van der Waals surface area contributed by atoms with Crippen molar-refractivity contribution in [3.63, 3.8) is 0 Å². The van der Waals surface area contributed by atoms with E-state index in [1.807, 2.05) is 4.90 Å². The third-order valence-corrected chi connectivity index (χ3v) is 4.56. The highest BCUT2D eigenvalue weighted by Gasteiger charge is 2.26. The zero-order valence-corrected chi connectivity index (χ0v) is 12.2. The van der Waals surface area contributed by atoms with Gasteiger partial charge in [-0.05, 0) is 0 Å². The Morgan fingerprint density at radius 1 is 1.35 bits per heavy atom. The van der Waals surface area contributed by atoms with E-state index >= 15 is 0 Å². The fourth-order valence-electron chi connectivity index (χ4n) is 1.85. The Kier molecular flexibility index (Phi) is 6.37. The molecule has 1 rings (SSSR count). The number of sulfone groups is 1. The van der Waals surface area contributed by atoms with E-state index in [-0.39, 0.29) is 5.75 Å². The van der Waals surface area contributed by atoms with Crippen LogP contribution in [0.2, 0.25) is 0 Å². The molecule has 1 aliphatic rings. The average Bonchev–Trinajstić information content (AvgIpc) is 2.36. The Balaban J connectivity index is 2.49. The second-order valence-electron chi connectivity index (χ2n) is 4.66. The molecule has 0 aromatic heterocycles. The summed E-state index contributed by atoms with van der Waals surface area (Å²) in [6, 6.07) is -1.40. The molecule has 1 saturated heterocycles. The van der Waals surface area contributed by atoms with Crippen LogP contribution < -0.4 is 5.32 Å². The van der Waals surface area contributed by atoms with Crippen molar-refractivity contribution < 1.29 is 27.9 Å². The maximum Gasteiger partial charge on any atom is 0.327 e. The quantitative estimate of drug-likeness (QED) is 0.577. The van der Waals surface area contributed by atoms with E-state index in [9.17, 15) is 18.0 Å². The van der Waals surface area contributed by atoms with Crippen LogP contribution in [0, 0.1) is 0 Å². The maximum absolute atomic E-state index is 11.9. The lowest BCUT2D eigenvalue weighted by molar-refractivity contribution is -0.140. The molecule has 0 spiro atoms. The summed E-state index contributed by atoms with van der Waals surface area (Å²) in [6.07, 6.45) is 0. The van der Waals surface area contributed by atoms with E-state index in [1.165, 1.54) is 0 Å². The topological polar surface area (TPSA) is 113 Å². The van der Waals surface area contributed by atoms with Crippen LogP contribution in [0.3, 0.4) is 0 Å². The van der Waals surface area contributed by atoms with Crippen molar-refractivity contribution in [1.29, 1.82) is 0 Å². The van der Waals surface area contributed by atoms with Crippen molar-refractivity contribution >= 4 is 21.7 Å². The number of ether oxygens (including phenoxy) is 1. The molecule has 1 fully saturated rings. The Bertz CT molecular complexity index is 444. The number of nitrogens with one attached hydrogen (secondary N) is 1. The summed E-state index contributed by atoms with van der Waals surface area (Å²) in [5.41, 5.74) is 0. The predicted molar refractivity (Wildman–Crippen MR) is 71.2 cm³/mol. The molecule has 2 N–H and O–H groups in total. The van der Waals surface area contributed by atoms with Crippen LogP contribution in [0.5, 0.6) is 0 Å². The highest BCUT2D eigenvalue weighted by Crippen LogP contribution is 2.01. The van der Waals surface area contributed by atoms with Gasteiger partial charge in [0.05, 0.1) is 24.7 Å². The van der Waals surface area contributed by atoms with Gasteiger partial charge in [-0.25, -0.2) is 13.2 Å². The van der Waals surface area contributed by atoms with Crippen LogP contribution >= 0.6 is 0 Å². The van der Waals surface area contributed by atoms with Crippen molar-refractivity contribution in [2.75, 3.05) is 44.4 Å². The van der Waals surface area contributed by atoms with Crippen molar-refractivity contribution in [3.8, 4) is 0 Å². The van der Waals surface area contributed by atoms with E-state index in [1.54, 1.807) is 0 Å². The van der Waals surface area contributed by atoms with Crippen LogP contribution in [0.25, 0.3) is 0 Å². The highest BCUT2D eigenvalue weighted by atomic mass is 32.2. The minimum absolute atomic E-state index is 0.129. The first-order chi connectivity index (χ1) is 9.30. The zero-order valence-electron chi connectivity index (χ0n) is 11.4. The largest absolute Gasteiger partial charge is 0.480 e. The SMILES string of the molecule is CC(=O)N[C@@H](CS(=O)(=O)CCN1CCOCC1)C(=O)O. The van der Waals surface area contributed by atoms with Gasteiger partial charge in [-0.3, -0.25) is 9.69 Å². The monoisotopic (exact) mass is 308 g/mol. The highest BCUT2D eigenvalue weighted by molar-refractivity contribution is 7.91. The molecule has 0 radical (unpaired) electrons. The molecule has 8 nitrogen and oxygen atoms in total. The summed E-state index contributed by atoms with van der Waals surface area (Å²) < 4.78 is 28.9. The van der Waals surface area contributed by atoms with Gasteiger partial charge in [-0.1, -0.05) is 0 Å². The molecule has 1 aliphatic heterocycles. The predicted octanol–water partition coefficient (Wildman–Crippen LogP) is -1.68. The number of carboxylic acid groups (broad SMARTS) is 1. The van der Waals surface area contributed by atoms with Gasteiger partial charge in [0.15, 0.2) is 9.84 Å². The van der Waals surface area contributed by atoms with Crippen LogP contribution in [0.4, 0.5) is 0 Å². The van der Waals surface area contributed by atoms with Gasteiger partial charge in [0.25, 0.3) is 0 Å². The van der Waals surface area contributed by atoms with E-state index in [0.29, 0.717) is 32.8 Å². The first-order valence-electron chi connectivity index (χ1n) is 6.30. The first-order valence-corrected chi connectivity index (χ1v) is 8.13. The number of hydrogen-bond acceptors (Lipinski definition) is 6. The van der Waals surface area contributed by atoms with Gasteiger partial charge in [0.1, 0.15) is 6.04 Å². The average molecular weight is 308 g/mol. The second kappa shape index (κ2) is 7.55. The van der Waals surface area contributed by atoms with Crippen molar-refractivity contribution in [1.82, 2.24) is 10.2 Å². The first kappa shape index (κ1) is 16.9. The number of amides is 1. The fourth-order valence-corrected chi connectivity index (χ4v) is 3.29. The fraction of sp³-hybridized carbons (Fsp3) is 0.818. The molecule has 0 unspecified atom stereocenters. The van der Waals surface area contributed by atoms with Gasteiger partial charge in [-0.2, -0.15) is 0 Å². The van der Waals surface area contributed by atoms with Crippen molar-refractivity contribution in [2.45, 2.75) is 13.0 Å². The summed E-state index contributed by atoms with van der Waals surface area (Å²) >= 11 is 0. The summed E-state index contributed by atoms with van der Waals surface area (Å²) in [4.78, 5) is 23.7. The number of carbonyl (C=O) groups excluding carboxylic acids is 1. The lowest BCUT2D eigenvalue weighted by atomic mass is 10.3. The van der Waals surface area contributed by atoms with Crippen LogP contribution in [0.1, 0.15) is 6.92 Å². The molecule has 1 amide bonds. The summed E-state index contributed by atoms with van der Waals surface area (Å²) in [5.74, 6) is -2.64. The van der Waals surface area contributed by atoms with E-state index < -0.39 is 33.5 Å². The molecule has 0 aromatic rings. The summed E-state index contributed by atoms with van der Waals surface area (Å²) in [5, 5.41) is 11.0. The lowest BCUT2D eigenvalue weighted by Crippen LogP contribution is -2.46. The normalized spacial score (nSPS) is 18.4. The van der Waals surface area contributed by atoms with Gasteiger partial charge in [0.2, 0.25) is 5.91 Å². The van der Waals surface area contributed by atoms with Gasteiger partial charge >= 0.3 is 5.97 Å². The van der Waals surface area contributed by atoms with Crippen LogP contribution in [-0.2, 0) is 24.2 Å². The lowest BCUT2D eigenvalue weighted by Gasteiger charge is -2.26. The molecule has 20 heavy (non-hydrogen) atoms. The van der Waals surface area contributed by atoms with E-state index in [4.69, 9.17) is 9.84 Å². The zero-order chi connectivity index (χ0) is 15.2. The van der Waals surface area contributed by atoms with E-state index in [0.717, 1.165) is 6.92 Å². The summed E-state index contributed by atoms with van der Waals surface area (Å²) in [7, 11) is -3.55. The van der Waals surface area contributed by atoms with Crippen LogP contribution in [0.15, 0.2) is 0 Å².